The number of Topliss-reactive ketones (excluding diaryl/α,β-unsaturated/α-hetero) is 1. The van der Waals surface area contributed by atoms with Gasteiger partial charge in [-0.15, -0.1) is 0 Å². The zero-order valence-electron chi connectivity index (χ0n) is 10.1. The Morgan fingerprint density at radius 3 is 2.42 bits per heavy atom. The fraction of sp³-hybridized carbons (Fsp3) is 0.462. The Bertz CT molecular complexity index is 506. The second-order valence-electron chi connectivity index (χ2n) is 5.01. The first-order valence-corrected chi connectivity index (χ1v) is 5.90. The molecule has 0 unspecified atom stereocenters. The van der Waals surface area contributed by atoms with E-state index in [1.54, 1.807) is 0 Å². The van der Waals surface area contributed by atoms with E-state index in [4.69, 9.17) is 5.73 Å². The van der Waals surface area contributed by atoms with Crippen LogP contribution in [0, 0.1) is 5.82 Å². The highest BCUT2D eigenvalue weighted by Crippen LogP contribution is 2.35. The van der Waals surface area contributed by atoms with Crippen molar-refractivity contribution in [3.8, 4) is 0 Å². The lowest BCUT2D eigenvalue weighted by atomic mass is 9.74. The maximum atomic E-state index is 13.1. The van der Waals surface area contributed by atoms with Gasteiger partial charge in [-0.3, -0.25) is 4.79 Å². The number of hydrogen-bond acceptors (Lipinski definition) is 2. The van der Waals surface area contributed by atoms with Gasteiger partial charge in [0.2, 0.25) is 0 Å². The van der Waals surface area contributed by atoms with E-state index in [0.29, 0.717) is 25.0 Å². The van der Waals surface area contributed by atoms with Gasteiger partial charge in [-0.1, -0.05) is 0 Å². The average Bonchev–Trinajstić information content (AvgIpc) is 2.25. The average molecular weight is 275 g/mol. The highest BCUT2D eigenvalue weighted by atomic mass is 19.4. The minimum absolute atomic E-state index is 0.00404. The largest absolute Gasteiger partial charge is 0.419 e. The van der Waals surface area contributed by atoms with Gasteiger partial charge in [-0.2, -0.15) is 13.2 Å². The topological polar surface area (TPSA) is 43.1 Å². The molecule has 0 heterocycles. The maximum absolute atomic E-state index is 13.1. The van der Waals surface area contributed by atoms with Crippen LogP contribution in [0.5, 0.6) is 0 Å². The number of nitrogens with two attached hydrogens (primary N) is 1. The fourth-order valence-corrected chi connectivity index (χ4v) is 2.15. The number of benzene rings is 1. The molecule has 0 aromatic heterocycles. The van der Waals surface area contributed by atoms with Crippen LogP contribution in [0.4, 0.5) is 17.6 Å². The molecular formula is C13H13F4NO. The smallest absolute Gasteiger partial charge is 0.325 e. The van der Waals surface area contributed by atoms with E-state index < -0.39 is 28.9 Å². The lowest BCUT2D eigenvalue weighted by molar-refractivity contribution is -0.140. The Morgan fingerprint density at radius 2 is 1.95 bits per heavy atom. The van der Waals surface area contributed by atoms with Crippen LogP contribution in [0.2, 0.25) is 0 Å². The van der Waals surface area contributed by atoms with Crippen LogP contribution in [-0.4, -0.2) is 11.3 Å². The first-order chi connectivity index (χ1) is 8.71. The fourth-order valence-electron chi connectivity index (χ4n) is 2.15. The second-order valence-corrected chi connectivity index (χ2v) is 5.01. The Morgan fingerprint density at radius 1 is 1.32 bits per heavy atom. The van der Waals surface area contributed by atoms with Gasteiger partial charge in [0.25, 0.3) is 0 Å². The summed E-state index contributed by atoms with van der Waals surface area (Å²) in [6, 6.07) is 2.29. The molecule has 1 aromatic rings. The van der Waals surface area contributed by atoms with E-state index in [9.17, 15) is 22.4 Å². The molecule has 6 heteroatoms. The Balaban J connectivity index is 2.23. The van der Waals surface area contributed by atoms with Gasteiger partial charge in [0.15, 0.2) is 5.78 Å². The molecule has 2 N–H and O–H groups in total. The standard InChI is InChI=1S/C13H13F4NO/c14-10-3-2-8(6-9(10)13(15,16)17)11(19)7-12(18)4-1-5-12/h2-3,6H,1,4-5,7,18H2. The normalized spacial score (nSPS) is 17.9. The molecule has 0 atom stereocenters. The maximum Gasteiger partial charge on any atom is 0.419 e. The van der Waals surface area contributed by atoms with Crippen molar-refractivity contribution < 1.29 is 22.4 Å². The number of hydrogen-bond donors (Lipinski definition) is 1. The Labute approximate surface area is 107 Å². The molecule has 104 valence electrons. The summed E-state index contributed by atoms with van der Waals surface area (Å²) in [5.41, 5.74) is 3.70. The van der Waals surface area contributed by atoms with Crippen molar-refractivity contribution in [3.63, 3.8) is 0 Å². The van der Waals surface area contributed by atoms with E-state index in [0.717, 1.165) is 12.5 Å². The van der Waals surface area contributed by atoms with E-state index in [1.807, 2.05) is 0 Å². The van der Waals surface area contributed by atoms with Crippen molar-refractivity contribution in [3.05, 3.63) is 35.1 Å². The molecule has 1 aliphatic rings. The summed E-state index contributed by atoms with van der Waals surface area (Å²) in [4.78, 5) is 11.9. The van der Waals surface area contributed by atoms with E-state index >= 15 is 0 Å². The third-order valence-electron chi connectivity index (χ3n) is 3.46. The van der Waals surface area contributed by atoms with Crippen LogP contribution >= 0.6 is 0 Å². The highest BCUT2D eigenvalue weighted by Gasteiger charge is 2.37. The Hall–Kier alpha value is -1.43. The van der Waals surface area contributed by atoms with E-state index in [-0.39, 0.29) is 12.0 Å². The first-order valence-electron chi connectivity index (χ1n) is 5.90. The van der Waals surface area contributed by atoms with Crippen molar-refractivity contribution in [1.82, 2.24) is 0 Å². The molecule has 19 heavy (non-hydrogen) atoms. The zero-order valence-corrected chi connectivity index (χ0v) is 10.1. The molecule has 0 amide bonds. The molecular weight excluding hydrogens is 262 g/mol. The zero-order chi connectivity index (χ0) is 14.3. The van der Waals surface area contributed by atoms with Gasteiger partial charge in [-0.05, 0) is 37.5 Å². The van der Waals surface area contributed by atoms with Crippen molar-refractivity contribution in [1.29, 1.82) is 0 Å². The van der Waals surface area contributed by atoms with Crippen LogP contribution in [0.15, 0.2) is 18.2 Å². The predicted octanol–water partition coefficient (Wildman–Crippen LogP) is 3.30. The van der Waals surface area contributed by atoms with Gasteiger partial charge in [0.1, 0.15) is 5.82 Å². The molecule has 2 nitrogen and oxygen atoms in total. The quantitative estimate of drug-likeness (QED) is 0.679. The Kier molecular flexibility index (Phi) is 3.38. The number of carbonyl (C=O) groups is 1. The summed E-state index contributed by atoms with van der Waals surface area (Å²) >= 11 is 0. The monoisotopic (exact) mass is 275 g/mol. The van der Waals surface area contributed by atoms with Crippen LogP contribution < -0.4 is 5.73 Å². The summed E-state index contributed by atoms with van der Waals surface area (Å²) in [6.45, 7) is 0. The third-order valence-corrected chi connectivity index (χ3v) is 3.46. The molecule has 0 aliphatic heterocycles. The summed E-state index contributed by atoms with van der Waals surface area (Å²) in [6.07, 6.45) is -2.52. The van der Waals surface area contributed by atoms with Gasteiger partial charge in [0.05, 0.1) is 5.56 Å². The highest BCUT2D eigenvalue weighted by molar-refractivity contribution is 5.97. The lowest BCUT2D eigenvalue weighted by Gasteiger charge is -2.37. The molecule has 2 rings (SSSR count). The number of alkyl halides is 3. The minimum Gasteiger partial charge on any atom is -0.325 e. The van der Waals surface area contributed by atoms with Crippen molar-refractivity contribution in [2.45, 2.75) is 37.4 Å². The number of rotatable bonds is 3. The van der Waals surface area contributed by atoms with E-state index in [2.05, 4.69) is 0 Å². The van der Waals surface area contributed by atoms with Gasteiger partial charge in [0, 0.05) is 17.5 Å². The summed E-state index contributed by atoms with van der Waals surface area (Å²) < 4.78 is 50.7. The van der Waals surface area contributed by atoms with E-state index in [1.165, 1.54) is 0 Å². The summed E-state index contributed by atoms with van der Waals surface area (Å²) in [5.74, 6) is -1.86. The van der Waals surface area contributed by atoms with Gasteiger partial charge < -0.3 is 5.73 Å². The van der Waals surface area contributed by atoms with Crippen LogP contribution in [0.3, 0.4) is 0 Å². The van der Waals surface area contributed by atoms with Crippen LogP contribution in [0.1, 0.15) is 41.6 Å². The predicted molar refractivity (Wildman–Crippen MR) is 61.1 cm³/mol. The molecule has 0 bridgehead atoms. The van der Waals surface area contributed by atoms with Crippen LogP contribution in [0.25, 0.3) is 0 Å². The van der Waals surface area contributed by atoms with Gasteiger partial charge in [-0.25, -0.2) is 4.39 Å². The lowest BCUT2D eigenvalue weighted by Crippen LogP contribution is -2.48. The molecule has 1 aromatic carbocycles. The molecule has 1 aliphatic carbocycles. The minimum atomic E-state index is -4.81. The molecule has 0 spiro atoms. The molecule has 0 saturated heterocycles. The van der Waals surface area contributed by atoms with Crippen LogP contribution in [-0.2, 0) is 6.18 Å². The van der Waals surface area contributed by atoms with Gasteiger partial charge >= 0.3 is 6.18 Å². The first kappa shape index (κ1) is 14.0. The summed E-state index contributed by atoms with van der Waals surface area (Å²) in [5, 5.41) is 0. The van der Waals surface area contributed by atoms with Crippen molar-refractivity contribution in [2.24, 2.45) is 5.73 Å². The van der Waals surface area contributed by atoms with Crippen molar-refractivity contribution >= 4 is 5.78 Å². The molecule has 1 fully saturated rings. The SMILES string of the molecule is NC1(CC(=O)c2ccc(F)c(C(F)(F)F)c2)CCC1. The molecule has 0 radical (unpaired) electrons. The summed E-state index contributed by atoms with van der Waals surface area (Å²) in [7, 11) is 0. The number of carbonyl (C=O) groups excluding carboxylic acids is 1. The second kappa shape index (κ2) is 4.59. The number of ketones is 1. The third kappa shape index (κ3) is 2.94. The molecule has 1 saturated carbocycles. The van der Waals surface area contributed by atoms with Crippen molar-refractivity contribution in [2.75, 3.05) is 0 Å². The number of halogens is 4.